The molecule has 1 aliphatic rings. The highest BCUT2D eigenvalue weighted by Gasteiger charge is 2.16. The third-order valence-electron chi connectivity index (χ3n) is 3.05. The molecule has 0 fully saturated rings. The molecule has 0 aliphatic carbocycles. The van der Waals surface area contributed by atoms with Crippen molar-refractivity contribution in [2.24, 2.45) is 0 Å². The molecule has 0 saturated heterocycles. The van der Waals surface area contributed by atoms with Crippen molar-refractivity contribution in [2.45, 2.75) is 0 Å². The fraction of sp³-hybridized carbons (Fsp3) is 0.133. The van der Waals surface area contributed by atoms with Crippen molar-refractivity contribution >= 4 is 34.2 Å². The fourth-order valence-corrected chi connectivity index (χ4v) is 2.33. The standard InChI is InChI=1S/C15H10F2INO3/c16-10-6-9(7-11(17)14(10)18)19-15(20)8-1-2-12-13(5-8)22-4-3-21-12/h1-2,5-7H,3-4H2,(H,19,20). The lowest BCUT2D eigenvalue weighted by molar-refractivity contribution is 0.102. The molecule has 4 nitrogen and oxygen atoms in total. The summed E-state index contributed by atoms with van der Waals surface area (Å²) >= 11 is 1.56. The molecule has 2 aromatic rings. The number of halogens is 3. The predicted octanol–water partition coefficient (Wildman–Crippen LogP) is 3.59. The Balaban J connectivity index is 1.83. The van der Waals surface area contributed by atoms with Gasteiger partial charge >= 0.3 is 0 Å². The highest BCUT2D eigenvalue weighted by Crippen LogP contribution is 2.31. The van der Waals surface area contributed by atoms with Gasteiger partial charge in [0, 0.05) is 11.3 Å². The summed E-state index contributed by atoms with van der Waals surface area (Å²) in [7, 11) is 0. The number of carbonyl (C=O) groups is 1. The zero-order chi connectivity index (χ0) is 15.7. The molecule has 114 valence electrons. The molecule has 1 N–H and O–H groups in total. The van der Waals surface area contributed by atoms with E-state index in [9.17, 15) is 13.6 Å². The minimum atomic E-state index is -0.724. The second kappa shape index (κ2) is 6.07. The molecular formula is C15H10F2INO3. The van der Waals surface area contributed by atoms with Crippen LogP contribution >= 0.6 is 22.6 Å². The van der Waals surface area contributed by atoms with Crippen molar-refractivity contribution in [1.29, 1.82) is 0 Å². The number of hydrogen-bond donors (Lipinski definition) is 1. The Bertz CT molecular complexity index is 729. The van der Waals surface area contributed by atoms with Crippen LogP contribution in [0.3, 0.4) is 0 Å². The smallest absolute Gasteiger partial charge is 0.255 e. The molecule has 22 heavy (non-hydrogen) atoms. The Morgan fingerprint density at radius 3 is 2.36 bits per heavy atom. The van der Waals surface area contributed by atoms with Crippen LogP contribution in [0.2, 0.25) is 0 Å². The summed E-state index contributed by atoms with van der Waals surface area (Å²) in [5.41, 5.74) is 0.360. The lowest BCUT2D eigenvalue weighted by Gasteiger charge is -2.18. The Kier molecular flexibility index (Phi) is 4.14. The minimum Gasteiger partial charge on any atom is -0.486 e. The second-order valence-electron chi connectivity index (χ2n) is 4.57. The molecule has 7 heteroatoms. The van der Waals surface area contributed by atoms with Crippen molar-refractivity contribution in [3.05, 3.63) is 51.1 Å². The molecule has 0 radical (unpaired) electrons. The van der Waals surface area contributed by atoms with Crippen molar-refractivity contribution in [1.82, 2.24) is 0 Å². The van der Waals surface area contributed by atoms with Gasteiger partial charge in [0.1, 0.15) is 24.8 Å². The van der Waals surface area contributed by atoms with Gasteiger partial charge in [-0.25, -0.2) is 8.78 Å². The number of fused-ring (bicyclic) bond motifs is 1. The van der Waals surface area contributed by atoms with Crippen LogP contribution in [0.4, 0.5) is 14.5 Å². The van der Waals surface area contributed by atoms with Gasteiger partial charge in [0.05, 0.1) is 3.57 Å². The number of anilines is 1. The fourth-order valence-electron chi connectivity index (χ4n) is 2.02. The maximum atomic E-state index is 13.5. The minimum absolute atomic E-state index is 0.0512. The van der Waals surface area contributed by atoms with Gasteiger partial charge in [-0.2, -0.15) is 0 Å². The Labute approximate surface area is 138 Å². The summed E-state index contributed by atoms with van der Waals surface area (Å²) in [6.45, 7) is 0.866. The molecule has 1 heterocycles. The topological polar surface area (TPSA) is 47.6 Å². The van der Waals surface area contributed by atoms with Gasteiger partial charge in [0.25, 0.3) is 5.91 Å². The van der Waals surface area contributed by atoms with Crippen molar-refractivity contribution in [3.8, 4) is 11.5 Å². The van der Waals surface area contributed by atoms with Gasteiger partial charge in [-0.05, 0) is 52.9 Å². The predicted molar refractivity (Wildman–Crippen MR) is 84.5 cm³/mol. The van der Waals surface area contributed by atoms with Crippen LogP contribution in [0.1, 0.15) is 10.4 Å². The summed E-state index contributed by atoms with van der Waals surface area (Å²) in [5, 5.41) is 2.46. The van der Waals surface area contributed by atoms with Gasteiger partial charge < -0.3 is 14.8 Å². The van der Waals surface area contributed by atoms with Crippen LogP contribution in [0.15, 0.2) is 30.3 Å². The first-order valence-electron chi connectivity index (χ1n) is 6.40. The largest absolute Gasteiger partial charge is 0.486 e. The van der Waals surface area contributed by atoms with Crippen LogP contribution in [0.5, 0.6) is 11.5 Å². The number of ether oxygens (including phenoxy) is 2. The molecule has 0 saturated carbocycles. The van der Waals surface area contributed by atoms with Gasteiger partial charge in [-0.1, -0.05) is 0 Å². The van der Waals surface area contributed by atoms with E-state index in [2.05, 4.69) is 5.32 Å². The van der Waals surface area contributed by atoms with Crippen LogP contribution in [0, 0.1) is 15.2 Å². The Morgan fingerprint density at radius 2 is 1.68 bits per heavy atom. The summed E-state index contributed by atoms with van der Waals surface area (Å²) in [5.74, 6) is -0.902. The molecule has 0 bridgehead atoms. The third kappa shape index (κ3) is 2.99. The van der Waals surface area contributed by atoms with Crippen molar-refractivity contribution in [3.63, 3.8) is 0 Å². The normalized spacial score (nSPS) is 12.9. The molecule has 1 aliphatic heterocycles. The number of carbonyl (C=O) groups excluding carboxylic acids is 1. The Hall–Kier alpha value is -1.90. The van der Waals surface area contributed by atoms with Crippen LogP contribution < -0.4 is 14.8 Å². The highest BCUT2D eigenvalue weighted by atomic mass is 127. The maximum absolute atomic E-state index is 13.5. The Morgan fingerprint density at radius 1 is 1.05 bits per heavy atom. The molecule has 1 amide bonds. The number of rotatable bonds is 2. The average molecular weight is 417 g/mol. The van der Waals surface area contributed by atoms with E-state index >= 15 is 0 Å². The maximum Gasteiger partial charge on any atom is 0.255 e. The molecule has 0 aromatic heterocycles. The monoisotopic (exact) mass is 417 g/mol. The van der Waals surface area contributed by atoms with E-state index in [1.807, 2.05) is 0 Å². The number of nitrogens with one attached hydrogen (secondary N) is 1. The average Bonchev–Trinajstić information content (AvgIpc) is 2.52. The number of amides is 1. The van der Waals surface area contributed by atoms with E-state index in [4.69, 9.17) is 9.47 Å². The molecule has 3 rings (SSSR count). The van der Waals surface area contributed by atoms with Gasteiger partial charge in [0.15, 0.2) is 11.5 Å². The third-order valence-corrected chi connectivity index (χ3v) is 4.08. The van der Waals surface area contributed by atoms with E-state index < -0.39 is 17.5 Å². The van der Waals surface area contributed by atoms with Gasteiger partial charge in [-0.15, -0.1) is 0 Å². The van der Waals surface area contributed by atoms with E-state index in [-0.39, 0.29) is 9.26 Å². The molecule has 2 aromatic carbocycles. The molecule has 0 atom stereocenters. The molecule has 0 spiro atoms. The van der Waals surface area contributed by atoms with E-state index in [1.165, 1.54) is 6.07 Å². The lowest BCUT2D eigenvalue weighted by Crippen LogP contribution is -2.17. The van der Waals surface area contributed by atoms with Crippen LogP contribution in [-0.4, -0.2) is 19.1 Å². The first-order valence-corrected chi connectivity index (χ1v) is 7.48. The van der Waals surface area contributed by atoms with Crippen LogP contribution in [-0.2, 0) is 0 Å². The molecular weight excluding hydrogens is 407 g/mol. The lowest BCUT2D eigenvalue weighted by atomic mass is 10.1. The summed E-state index contributed by atoms with van der Waals surface area (Å²) in [6.07, 6.45) is 0. The zero-order valence-corrected chi connectivity index (χ0v) is 13.3. The quantitative estimate of drug-likeness (QED) is 0.601. The number of hydrogen-bond acceptors (Lipinski definition) is 3. The SMILES string of the molecule is O=C(Nc1cc(F)c(I)c(F)c1)c1ccc2c(c1)OCCO2. The highest BCUT2D eigenvalue weighted by molar-refractivity contribution is 14.1. The first-order chi connectivity index (χ1) is 10.5. The number of benzene rings is 2. The summed E-state index contributed by atoms with van der Waals surface area (Å²) < 4.78 is 37.6. The van der Waals surface area contributed by atoms with Crippen molar-refractivity contribution < 1.29 is 23.0 Å². The second-order valence-corrected chi connectivity index (χ2v) is 5.65. The summed E-state index contributed by atoms with van der Waals surface area (Å²) in [4.78, 5) is 12.2. The van der Waals surface area contributed by atoms with Crippen LogP contribution in [0.25, 0.3) is 0 Å². The van der Waals surface area contributed by atoms with E-state index in [0.717, 1.165) is 12.1 Å². The zero-order valence-electron chi connectivity index (χ0n) is 11.2. The molecule has 0 unspecified atom stereocenters. The van der Waals surface area contributed by atoms with Crippen molar-refractivity contribution in [2.75, 3.05) is 18.5 Å². The first kappa shape index (κ1) is 15.0. The summed E-state index contributed by atoms with van der Waals surface area (Å²) in [6, 6.07) is 6.85. The van der Waals surface area contributed by atoms with E-state index in [1.54, 1.807) is 34.7 Å². The van der Waals surface area contributed by atoms with Gasteiger partial charge in [-0.3, -0.25) is 4.79 Å². The van der Waals surface area contributed by atoms with Gasteiger partial charge in [0.2, 0.25) is 0 Å². The van der Waals surface area contributed by atoms with E-state index in [0.29, 0.717) is 30.3 Å².